The Morgan fingerprint density at radius 1 is 1.37 bits per heavy atom. The van der Waals surface area contributed by atoms with Crippen molar-refractivity contribution < 1.29 is 14.5 Å². The predicted octanol–water partition coefficient (Wildman–Crippen LogP) is 2.24. The number of rotatable bonds is 3. The number of carbonyl (C=O) groups excluding carboxylic acids is 1. The van der Waals surface area contributed by atoms with Crippen LogP contribution in [0.25, 0.3) is 0 Å². The molecule has 0 saturated carbocycles. The summed E-state index contributed by atoms with van der Waals surface area (Å²) >= 11 is 0. The van der Waals surface area contributed by atoms with Gasteiger partial charge in [-0.1, -0.05) is 12.5 Å². The van der Waals surface area contributed by atoms with Crippen molar-refractivity contribution in [2.45, 2.75) is 31.9 Å². The molecule has 1 saturated heterocycles. The lowest BCUT2D eigenvalue weighted by atomic mass is 10.2. The number of nitro benzene ring substituents is 1. The summed E-state index contributed by atoms with van der Waals surface area (Å²) in [7, 11) is 0. The number of hydrogen-bond donors (Lipinski definition) is 1. The first-order chi connectivity index (χ1) is 9.16. The minimum atomic E-state index is -0.527. The number of nitrogens with one attached hydrogen (secondary N) is 1. The first-order valence-corrected chi connectivity index (χ1v) is 6.35. The molecule has 102 valence electrons. The van der Waals surface area contributed by atoms with Crippen LogP contribution in [0.1, 0.15) is 36.0 Å². The SMILES string of the molecule is O=C(OC1CCCCCN1)c1cccc([N+](=O)[O-])c1. The molecule has 19 heavy (non-hydrogen) atoms. The molecule has 2 rings (SSSR count). The minimum Gasteiger partial charge on any atom is -0.443 e. The van der Waals surface area contributed by atoms with E-state index in [2.05, 4.69) is 5.32 Å². The Morgan fingerprint density at radius 3 is 3.00 bits per heavy atom. The van der Waals surface area contributed by atoms with Crippen molar-refractivity contribution in [1.82, 2.24) is 5.32 Å². The van der Waals surface area contributed by atoms with Gasteiger partial charge in [0.15, 0.2) is 6.23 Å². The number of non-ortho nitro benzene ring substituents is 1. The summed E-state index contributed by atoms with van der Waals surface area (Å²) in [6.45, 7) is 0.826. The molecule has 6 heteroatoms. The van der Waals surface area contributed by atoms with Gasteiger partial charge in [-0.15, -0.1) is 0 Å². The molecule has 1 atom stereocenters. The number of nitrogens with zero attached hydrogens (tertiary/aromatic N) is 1. The van der Waals surface area contributed by atoms with Crippen LogP contribution in [0.5, 0.6) is 0 Å². The lowest BCUT2D eigenvalue weighted by Gasteiger charge is -2.16. The van der Waals surface area contributed by atoms with Gasteiger partial charge >= 0.3 is 5.97 Å². The maximum absolute atomic E-state index is 11.9. The molecule has 0 radical (unpaired) electrons. The van der Waals surface area contributed by atoms with Gasteiger partial charge in [0, 0.05) is 12.1 Å². The number of benzene rings is 1. The highest BCUT2D eigenvalue weighted by Crippen LogP contribution is 2.16. The lowest BCUT2D eigenvalue weighted by molar-refractivity contribution is -0.384. The molecule has 1 N–H and O–H groups in total. The third kappa shape index (κ3) is 3.75. The van der Waals surface area contributed by atoms with E-state index >= 15 is 0 Å². The van der Waals surface area contributed by atoms with Gasteiger partial charge in [-0.25, -0.2) is 4.79 Å². The highest BCUT2D eigenvalue weighted by Gasteiger charge is 2.18. The molecule has 0 amide bonds. The molecule has 1 heterocycles. The van der Waals surface area contributed by atoms with Crippen LogP contribution in [0.15, 0.2) is 24.3 Å². The number of ether oxygens (including phenoxy) is 1. The standard InChI is InChI=1S/C13H16N2O4/c16-13(19-12-7-2-1-3-8-14-12)10-5-4-6-11(9-10)15(17)18/h4-6,9,12,14H,1-3,7-8H2. The van der Waals surface area contributed by atoms with E-state index in [1.807, 2.05) is 0 Å². The van der Waals surface area contributed by atoms with E-state index in [1.165, 1.54) is 24.3 Å². The monoisotopic (exact) mass is 264 g/mol. The number of carbonyl (C=O) groups is 1. The molecule has 1 aromatic rings. The Morgan fingerprint density at radius 2 is 2.21 bits per heavy atom. The van der Waals surface area contributed by atoms with E-state index in [0.717, 1.165) is 32.2 Å². The summed E-state index contributed by atoms with van der Waals surface area (Å²) in [4.78, 5) is 22.0. The zero-order chi connectivity index (χ0) is 13.7. The second-order valence-electron chi connectivity index (χ2n) is 4.50. The van der Waals surface area contributed by atoms with Crippen LogP contribution in [0.2, 0.25) is 0 Å². The van der Waals surface area contributed by atoms with E-state index in [9.17, 15) is 14.9 Å². The second kappa shape index (κ2) is 6.29. The third-order valence-corrected chi connectivity index (χ3v) is 3.06. The molecule has 0 aromatic heterocycles. The molecule has 1 aliphatic rings. The number of hydrogen-bond acceptors (Lipinski definition) is 5. The average Bonchev–Trinajstić information content (AvgIpc) is 2.67. The van der Waals surface area contributed by atoms with Gasteiger partial charge in [-0.2, -0.15) is 0 Å². The van der Waals surface area contributed by atoms with E-state index in [0.29, 0.717) is 0 Å². The zero-order valence-corrected chi connectivity index (χ0v) is 10.5. The first-order valence-electron chi connectivity index (χ1n) is 6.35. The second-order valence-corrected chi connectivity index (χ2v) is 4.50. The first kappa shape index (κ1) is 13.5. The summed E-state index contributed by atoms with van der Waals surface area (Å²) in [5, 5.41) is 13.8. The molecule has 0 bridgehead atoms. The fourth-order valence-corrected chi connectivity index (χ4v) is 2.04. The maximum Gasteiger partial charge on any atom is 0.339 e. The van der Waals surface area contributed by atoms with Crippen molar-refractivity contribution in [3.63, 3.8) is 0 Å². The van der Waals surface area contributed by atoms with Crippen molar-refractivity contribution in [2.75, 3.05) is 6.54 Å². The van der Waals surface area contributed by atoms with E-state index < -0.39 is 10.9 Å². The Labute approximate surface area is 110 Å². The van der Waals surface area contributed by atoms with Crippen LogP contribution in [-0.2, 0) is 4.74 Å². The Balaban J connectivity index is 2.02. The fourth-order valence-electron chi connectivity index (χ4n) is 2.04. The van der Waals surface area contributed by atoms with Gasteiger partial charge < -0.3 is 4.74 Å². The fraction of sp³-hybridized carbons (Fsp3) is 0.462. The summed E-state index contributed by atoms with van der Waals surface area (Å²) in [6.07, 6.45) is 3.69. The van der Waals surface area contributed by atoms with Crippen LogP contribution in [0, 0.1) is 10.1 Å². The molecule has 1 aromatic carbocycles. The normalized spacial score (nSPS) is 19.5. The van der Waals surface area contributed by atoms with Crippen LogP contribution in [0.4, 0.5) is 5.69 Å². The van der Waals surface area contributed by atoms with Crippen LogP contribution < -0.4 is 5.32 Å². The molecule has 1 aliphatic heterocycles. The maximum atomic E-state index is 11.9. The van der Waals surface area contributed by atoms with Crippen molar-refractivity contribution >= 4 is 11.7 Å². The topological polar surface area (TPSA) is 81.5 Å². The molecular formula is C13H16N2O4. The molecule has 1 unspecified atom stereocenters. The summed E-state index contributed by atoms with van der Waals surface area (Å²) in [5.74, 6) is -0.525. The van der Waals surface area contributed by atoms with Gasteiger partial charge in [-0.3, -0.25) is 15.4 Å². The van der Waals surface area contributed by atoms with Gasteiger partial charge in [0.2, 0.25) is 0 Å². The quantitative estimate of drug-likeness (QED) is 0.514. The van der Waals surface area contributed by atoms with Gasteiger partial charge in [0.1, 0.15) is 0 Å². The van der Waals surface area contributed by atoms with Crippen molar-refractivity contribution in [3.05, 3.63) is 39.9 Å². The predicted molar refractivity (Wildman–Crippen MR) is 68.8 cm³/mol. The average molecular weight is 264 g/mol. The molecule has 1 fully saturated rings. The van der Waals surface area contributed by atoms with E-state index in [4.69, 9.17) is 4.74 Å². The zero-order valence-electron chi connectivity index (χ0n) is 10.5. The Kier molecular flexibility index (Phi) is 4.46. The molecule has 6 nitrogen and oxygen atoms in total. The molecule has 0 spiro atoms. The number of nitro groups is 1. The largest absolute Gasteiger partial charge is 0.443 e. The van der Waals surface area contributed by atoms with Gasteiger partial charge in [-0.05, 0) is 31.9 Å². The third-order valence-electron chi connectivity index (χ3n) is 3.06. The van der Waals surface area contributed by atoms with Crippen LogP contribution in [-0.4, -0.2) is 23.7 Å². The highest BCUT2D eigenvalue weighted by molar-refractivity contribution is 5.90. The highest BCUT2D eigenvalue weighted by atomic mass is 16.6. The van der Waals surface area contributed by atoms with Crippen molar-refractivity contribution in [1.29, 1.82) is 0 Å². The Bertz CT molecular complexity index is 467. The van der Waals surface area contributed by atoms with Crippen LogP contribution in [0.3, 0.4) is 0 Å². The van der Waals surface area contributed by atoms with Crippen molar-refractivity contribution in [2.24, 2.45) is 0 Å². The summed E-state index contributed by atoms with van der Waals surface area (Å²) in [5.41, 5.74) is 0.100. The lowest BCUT2D eigenvalue weighted by Crippen LogP contribution is -2.33. The number of esters is 1. The summed E-state index contributed by atoms with van der Waals surface area (Å²) in [6, 6.07) is 5.58. The van der Waals surface area contributed by atoms with E-state index in [-0.39, 0.29) is 17.5 Å². The molecular weight excluding hydrogens is 248 g/mol. The van der Waals surface area contributed by atoms with Gasteiger partial charge in [0.25, 0.3) is 5.69 Å². The Hall–Kier alpha value is -1.95. The summed E-state index contributed by atoms with van der Waals surface area (Å²) < 4.78 is 5.32. The molecule has 0 aliphatic carbocycles. The smallest absolute Gasteiger partial charge is 0.339 e. The van der Waals surface area contributed by atoms with Gasteiger partial charge in [0.05, 0.1) is 10.5 Å². The van der Waals surface area contributed by atoms with Crippen molar-refractivity contribution in [3.8, 4) is 0 Å². The van der Waals surface area contributed by atoms with Crippen LogP contribution >= 0.6 is 0 Å². The minimum absolute atomic E-state index is 0.108. The van der Waals surface area contributed by atoms with E-state index in [1.54, 1.807) is 0 Å².